The highest BCUT2D eigenvalue weighted by Crippen LogP contribution is 2.52. The number of carbonyl (C=O) groups is 2. The summed E-state index contributed by atoms with van der Waals surface area (Å²) < 4.78 is 13.4. The Morgan fingerprint density at radius 1 is 0.596 bits per heavy atom. The van der Waals surface area contributed by atoms with Crippen LogP contribution in [0.3, 0.4) is 0 Å². The molecule has 2 aliphatic rings. The van der Waals surface area contributed by atoms with Crippen molar-refractivity contribution >= 4 is 34.5 Å². The summed E-state index contributed by atoms with van der Waals surface area (Å²) in [6, 6.07) is 0. The molecular formula is C45H73NO4S2. The van der Waals surface area contributed by atoms with Crippen LogP contribution in [0.1, 0.15) is 215 Å². The van der Waals surface area contributed by atoms with Gasteiger partial charge in [0.2, 0.25) is 0 Å². The molecule has 0 fully saturated rings. The zero-order valence-electron chi connectivity index (χ0n) is 33.6. The zero-order chi connectivity index (χ0) is 37.0. The molecule has 0 N–H and O–H groups in total. The average Bonchev–Trinajstić information content (AvgIpc) is 3.79. The first-order chi connectivity index (χ1) is 25.5. The topological polar surface area (TPSA) is 55.8 Å². The predicted octanol–water partition coefficient (Wildman–Crippen LogP) is 14.7. The van der Waals surface area contributed by atoms with E-state index in [-0.39, 0.29) is 17.2 Å². The fourth-order valence-electron chi connectivity index (χ4n) is 8.29. The number of ether oxygens (including phenoxy) is 2. The molecule has 52 heavy (non-hydrogen) atoms. The Morgan fingerprint density at radius 3 is 1.65 bits per heavy atom. The molecule has 1 atom stereocenters. The second-order valence-electron chi connectivity index (χ2n) is 16.2. The molecule has 2 aromatic rings. The van der Waals surface area contributed by atoms with Crippen LogP contribution in [0.5, 0.6) is 11.5 Å². The third-order valence-electron chi connectivity index (χ3n) is 11.7. The lowest BCUT2D eigenvalue weighted by molar-refractivity contribution is 0.0622. The fourth-order valence-corrected chi connectivity index (χ4v) is 10.4. The van der Waals surface area contributed by atoms with E-state index in [4.69, 9.17) is 9.47 Å². The molecule has 2 aliphatic heterocycles. The number of thiophene rings is 2. The summed E-state index contributed by atoms with van der Waals surface area (Å²) in [5.41, 5.74) is 1.17. The van der Waals surface area contributed by atoms with E-state index in [1.165, 1.54) is 153 Å². The number of amides is 2. The van der Waals surface area contributed by atoms with E-state index in [9.17, 15) is 9.59 Å². The summed E-state index contributed by atoms with van der Waals surface area (Å²) in [5, 5.41) is 3.98. The number of hydrogen-bond acceptors (Lipinski definition) is 6. The molecule has 4 rings (SSSR count). The van der Waals surface area contributed by atoms with E-state index in [1.54, 1.807) is 16.2 Å². The molecular weight excluding hydrogens is 683 g/mol. The van der Waals surface area contributed by atoms with Crippen LogP contribution in [-0.2, 0) is 0 Å². The molecule has 5 nitrogen and oxygen atoms in total. The summed E-state index contributed by atoms with van der Waals surface area (Å²) in [4.78, 5) is 31.4. The maximum absolute atomic E-state index is 14.2. The van der Waals surface area contributed by atoms with Gasteiger partial charge in [0.1, 0.15) is 0 Å². The third kappa shape index (κ3) is 12.6. The van der Waals surface area contributed by atoms with Crippen LogP contribution in [0.2, 0.25) is 0 Å². The number of unbranched alkanes of at least 4 members (excludes halogenated alkanes) is 18. The summed E-state index contributed by atoms with van der Waals surface area (Å²) in [6.45, 7) is 10.9. The lowest BCUT2D eigenvalue weighted by Crippen LogP contribution is -2.35. The highest BCUT2D eigenvalue weighted by molar-refractivity contribution is 7.21. The molecule has 0 saturated carbocycles. The van der Waals surface area contributed by atoms with Crippen LogP contribution in [0.15, 0.2) is 10.8 Å². The van der Waals surface area contributed by atoms with E-state index >= 15 is 0 Å². The van der Waals surface area contributed by atoms with E-state index in [0.29, 0.717) is 36.8 Å². The minimum Gasteiger partial charge on any atom is -0.488 e. The van der Waals surface area contributed by atoms with Crippen LogP contribution in [0.25, 0.3) is 9.75 Å². The van der Waals surface area contributed by atoms with Crippen molar-refractivity contribution in [1.82, 2.24) is 4.90 Å². The molecule has 1 unspecified atom stereocenters. The van der Waals surface area contributed by atoms with Crippen molar-refractivity contribution in [1.29, 1.82) is 0 Å². The van der Waals surface area contributed by atoms with Gasteiger partial charge < -0.3 is 9.47 Å². The second kappa shape index (κ2) is 23.8. The van der Waals surface area contributed by atoms with Crippen LogP contribution in [0, 0.1) is 11.3 Å². The number of fused-ring (bicyclic) bond motifs is 2. The maximum atomic E-state index is 14.2. The van der Waals surface area contributed by atoms with Gasteiger partial charge >= 0.3 is 0 Å². The van der Waals surface area contributed by atoms with Crippen molar-refractivity contribution in [3.05, 3.63) is 21.9 Å². The molecule has 7 heteroatoms. The molecule has 0 spiro atoms. The van der Waals surface area contributed by atoms with Crippen molar-refractivity contribution in [2.45, 2.75) is 195 Å². The van der Waals surface area contributed by atoms with Gasteiger partial charge in [-0.05, 0) is 31.6 Å². The Labute approximate surface area is 326 Å². The van der Waals surface area contributed by atoms with Crippen molar-refractivity contribution in [2.75, 3.05) is 19.8 Å². The third-order valence-corrected chi connectivity index (χ3v) is 13.8. The highest BCUT2D eigenvalue weighted by Gasteiger charge is 2.42. The van der Waals surface area contributed by atoms with Gasteiger partial charge in [-0.2, -0.15) is 0 Å². The lowest BCUT2D eigenvalue weighted by atomic mass is 9.79. The average molecular weight is 756 g/mol. The smallest absolute Gasteiger partial charge is 0.263 e. The van der Waals surface area contributed by atoms with Crippen molar-refractivity contribution in [3.8, 4) is 21.3 Å². The minimum atomic E-state index is -0.116. The fraction of sp³-hybridized carbons (Fsp3) is 0.778. The quantitative estimate of drug-likeness (QED) is 0.0613. The van der Waals surface area contributed by atoms with Crippen LogP contribution < -0.4 is 9.47 Å². The molecule has 0 bridgehead atoms. The number of carbonyl (C=O) groups excluding carboxylic acids is 2. The van der Waals surface area contributed by atoms with E-state index in [0.717, 1.165) is 46.9 Å². The van der Waals surface area contributed by atoms with Crippen molar-refractivity contribution in [3.63, 3.8) is 0 Å². The summed E-state index contributed by atoms with van der Waals surface area (Å²) in [6.07, 6.45) is 32.4. The summed E-state index contributed by atoms with van der Waals surface area (Å²) in [7, 11) is 0. The monoisotopic (exact) mass is 755 g/mol. The summed E-state index contributed by atoms with van der Waals surface area (Å²) >= 11 is 3.10. The molecule has 2 amide bonds. The normalized spacial score (nSPS) is 15.7. The first-order valence-corrected chi connectivity index (χ1v) is 23.6. The van der Waals surface area contributed by atoms with E-state index in [1.807, 2.05) is 5.38 Å². The van der Waals surface area contributed by atoms with Gasteiger partial charge in [0.15, 0.2) is 11.5 Å². The van der Waals surface area contributed by atoms with Crippen LogP contribution in [-0.4, -0.2) is 36.5 Å². The standard InChI is InChI=1S/C45H73NO4S2/c1-5-9-13-17-20-24-28-36(27-23-16-12-8-4)31-46-43(47)37-32-51-41(39(37)44(46)48)42-40-38(33-52-42)49-34-45(35-50-40,29-25-21-18-14-10-6-2)30-26-22-19-15-11-7-3/h32-33,36H,5-31,34-35H2,1-4H3. The Kier molecular flexibility index (Phi) is 19.6. The summed E-state index contributed by atoms with van der Waals surface area (Å²) in [5.74, 6) is 1.72. The van der Waals surface area contributed by atoms with E-state index < -0.39 is 0 Å². The largest absolute Gasteiger partial charge is 0.488 e. The highest BCUT2D eigenvalue weighted by atomic mass is 32.1. The first-order valence-electron chi connectivity index (χ1n) is 21.8. The minimum absolute atomic E-state index is 0.00555. The molecule has 2 aromatic heterocycles. The molecule has 4 heterocycles. The molecule has 294 valence electrons. The van der Waals surface area contributed by atoms with Gasteiger partial charge in [-0.3, -0.25) is 14.5 Å². The Morgan fingerprint density at radius 2 is 1.08 bits per heavy atom. The zero-order valence-corrected chi connectivity index (χ0v) is 35.3. The van der Waals surface area contributed by atoms with Crippen molar-refractivity contribution in [2.24, 2.45) is 11.3 Å². The van der Waals surface area contributed by atoms with Gasteiger partial charge in [0.05, 0.1) is 34.1 Å². The van der Waals surface area contributed by atoms with E-state index in [2.05, 4.69) is 33.1 Å². The SMILES string of the molecule is CCCCCCCCC(CCCCCC)CN1C(=O)c2csc(-c3scc4c3OCC(CCCCCCCC)(CCCCCCCC)CO4)c2C1=O. The Balaban J connectivity index is 1.44. The van der Waals surface area contributed by atoms with Gasteiger partial charge in [0, 0.05) is 22.7 Å². The second-order valence-corrected chi connectivity index (χ2v) is 18.0. The molecule has 0 saturated heterocycles. The molecule has 0 aliphatic carbocycles. The first kappa shape index (κ1) is 42.9. The number of imide groups is 1. The van der Waals surface area contributed by atoms with Crippen LogP contribution >= 0.6 is 22.7 Å². The number of hydrogen-bond donors (Lipinski definition) is 0. The Bertz CT molecular complexity index is 1300. The van der Waals surface area contributed by atoms with Gasteiger partial charge in [-0.1, -0.05) is 169 Å². The lowest BCUT2D eigenvalue weighted by Gasteiger charge is -2.31. The molecule has 0 aromatic carbocycles. The van der Waals surface area contributed by atoms with Gasteiger partial charge in [0.25, 0.3) is 11.8 Å². The van der Waals surface area contributed by atoms with Crippen LogP contribution in [0.4, 0.5) is 0 Å². The van der Waals surface area contributed by atoms with Gasteiger partial charge in [-0.25, -0.2) is 0 Å². The number of nitrogens with zero attached hydrogens (tertiary/aromatic N) is 1. The van der Waals surface area contributed by atoms with Gasteiger partial charge in [-0.15, -0.1) is 22.7 Å². The predicted molar refractivity (Wildman–Crippen MR) is 223 cm³/mol. The molecule has 0 radical (unpaired) electrons. The maximum Gasteiger partial charge on any atom is 0.263 e. The van der Waals surface area contributed by atoms with Crippen molar-refractivity contribution < 1.29 is 19.1 Å². The Hall–Kier alpha value is -1.86. The number of rotatable bonds is 29.